The van der Waals surface area contributed by atoms with Gasteiger partial charge >= 0.3 is 0 Å². The second kappa shape index (κ2) is 10.4. The summed E-state index contributed by atoms with van der Waals surface area (Å²) >= 11 is 0. The minimum absolute atomic E-state index is 0.110. The van der Waals surface area contributed by atoms with E-state index in [9.17, 15) is 0 Å². The van der Waals surface area contributed by atoms with Crippen molar-refractivity contribution in [3.8, 4) is 22.3 Å². The van der Waals surface area contributed by atoms with Crippen molar-refractivity contribution >= 4 is 60.5 Å². The molecule has 0 N–H and O–H groups in total. The first kappa shape index (κ1) is 27.9. The summed E-state index contributed by atoms with van der Waals surface area (Å²) in [6.45, 7) is 4.70. The Kier molecular flexibility index (Phi) is 5.95. The van der Waals surface area contributed by atoms with E-state index < -0.39 is 0 Å². The molecule has 0 aliphatic heterocycles. The van der Waals surface area contributed by atoms with Gasteiger partial charge in [0.15, 0.2) is 0 Å². The van der Waals surface area contributed by atoms with Gasteiger partial charge in [0.25, 0.3) is 0 Å². The Labute approximate surface area is 285 Å². The largest absolute Gasteiger partial charge is 0.456 e. The molecular weight excluding hydrogens is 595 g/mol. The fourth-order valence-corrected chi connectivity index (χ4v) is 8.29. The Morgan fingerprint density at radius 1 is 0.449 bits per heavy atom. The minimum Gasteiger partial charge on any atom is -0.456 e. The fourth-order valence-electron chi connectivity index (χ4n) is 8.29. The number of nitrogens with zero attached hydrogens (tertiary/aromatic N) is 1. The van der Waals surface area contributed by atoms with Crippen molar-refractivity contribution in [3.63, 3.8) is 0 Å². The Balaban J connectivity index is 1.25. The number of hydrogen-bond donors (Lipinski definition) is 0. The second-order valence-electron chi connectivity index (χ2n) is 13.7. The normalized spacial score (nSPS) is 13.3. The highest BCUT2D eigenvalue weighted by Crippen LogP contribution is 2.51. The molecule has 0 amide bonds. The van der Waals surface area contributed by atoms with Crippen molar-refractivity contribution in [2.45, 2.75) is 19.3 Å². The first-order chi connectivity index (χ1) is 24.1. The molecule has 0 atom stereocenters. The lowest BCUT2D eigenvalue weighted by atomic mass is 9.82. The van der Waals surface area contributed by atoms with Crippen molar-refractivity contribution < 1.29 is 4.42 Å². The highest BCUT2D eigenvalue weighted by Gasteiger charge is 2.35. The molecule has 9 aromatic rings. The molecule has 2 nitrogen and oxygen atoms in total. The summed E-state index contributed by atoms with van der Waals surface area (Å²) in [5.41, 5.74) is 12.8. The third-order valence-corrected chi connectivity index (χ3v) is 10.7. The van der Waals surface area contributed by atoms with E-state index in [-0.39, 0.29) is 5.41 Å². The number of rotatable bonds is 4. The minimum atomic E-state index is -0.110. The van der Waals surface area contributed by atoms with Crippen LogP contribution in [0.3, 0.4) is 0 Å². The first-order valence-corrected chi connectivity index (χ1v) is 17.0. The van der Waals surface area contributed by atoms with Gasteiger partial charge in [-0.25, -0.2) is 0 Å². The second-order valence-corrected chi connectivity index (χ2v) is 13.7. The standard InChI is InChI=1S/C47H33NO/c1-47(2)40-19-7-6-15-35(40)36-26-25-34(29-41(36)47)48(33-23-21-31(22-24-33)30-11-4-3-5-12-30)42-27-28-44-46-38(17-10-18-39(42)46)37-16-8-13-32-14-9-20-43(49-44)45(32)37/h3-29H,1-2H3. The summed E-state index contributed by atoms with van der Waals surface area (Å²) in [6.07, 6.45) is 0. The summed E-state index contributed by atoms with van der Waals surface area (Å²) in [5, 5.41) is 7.00. The first-order valence-electron chi connectivity index (χ1n) is 17.0. The Morgan fingerprint density at radius 3 is 1.92 bits per heavy atom. The molecule has 0 saturated carbocycles. The third kappa shape index (κ3) is 4.14. The van der Waals surface area contributed by atoms with Crippen molar-refractivity contribution in [2.24, 2.45) is 0 Å². The van der Waals surface area contributed by atoms with Gasteiger partial charge in [-0.1, -0.05) is 135 Å². The lowest BCUT2D eigenvalue weighted by molar-refractivity contribution is 0.660. The molecule has 1 heterocycles. The summed E-state index contributed by atoms with van der Waals surface area (Å²) in [6, 6.07) is 59.4. The van der Waals surface area contributed by atoms with E-state index in [1.54, 1.807) is 0 Å². The maximum atomic E-state index is 6.76. The Morgan fingerprint density at radius 2 is 1.08 bits per heavy atom. The van der Waals surface area contributed by atoms with Gasteiger partial charge in [0, 0.05) is 32.9 Å². The zero-order valence-electron chi connectivity index (χ0n) is 27.4. The van der Waals surface area contributed by atoms with E-state index >= 15 is 0 Å². The molecule has 0 bridgehead atoms. The van der Waals surface area contributed by atoms with E-state index in [0.717, 1.165) is 44.4 Å². The maximum absolute atomic E-state index is 6.76. The molecule has 0 fully saturated rings. The van der Waals surface area contributed by atoms with Crippen LogP contribution in [-0.4, -0.2) is 0 Å². The number of anilines is 3. The topological polar surface area (TPSA) is 16.4 Å². The summed E-state index contributed by atoms with van der Waals surface area (Å²) in [7, 11) is 0. The van der Waals surface area contributed by atoms with Crippen molar-refractivity contribution in [2.75, 3.05) is 4.90 Å². The van der Waals surface area contributed by atoms with Crippen molar-refractivity contribution in [1.29, 1.82) is 0 Å². The average Bonchev–Trinajstić information content (AvgIpc) is 3.28. The van der Waals surface area contributed by atoms with Crippen LogP contribution >= 0.6 is 0 Å². The van der Waals surface area contributed by atoms with Crippen LogP contribution in [0.4, 0.5) is 17.1 Å². The van der Waals surface area contributed by atoms with Gasteiger partial charge in [-0.3, -0.25) is 0 Å². The highest BCUT2D eigenvalue weighted by molar-refractivity contribution is 6.25. The smallest absolute Gasteiger partial charge is 0.136 e. The van der Waals surface area contributed by atoms with E-state index in [1.807, 2.05) is 0 Å². The summed E-state index contributed by atoms with van der Waals surface area (Å²) in [4.78, 5) is 2.43. The van der Waals surface area contributed by atoms with Gasteiger partial charge in [-0.15, -0.1) is 0 Å². The van der Waals surface area contributed by atoms with E-state index in [2.05, 4.69) is 183 Å². The molecule has 0 saturated heterocycles. The molecule has 8 aromatic carbocycles. The molecule has 0 radical (unpaired) electrons. The monoisotopic (exact) mass is 627 g/mol. The molecule has 49 heavy (non-hydrogen) atoms. The Hall–Kier alpha value is -6.12. The predicted octanol–water partition coefficient (Wildman–Crippen LogP) is 13.3. The Bertz CT molecular complexity index is 2730. The summed E-state index contributed by atoms with van der Waals surface area (Å²) in [5.74, 6) is 0. The number of hydrogen-bond acceptors (Lipinski definition) is 2. The molecule has 1 aliphatic rings. The molecule has 232 valence electrons. The van der Waals surface area contributed by atoms with Gasteiger partial charge in [-0.05, 0) is 92.0 Å². The van der Waals surface area contributed by atoms with E-state index in [0.29, 0.717) is 0 Å². The highest BCUT2D eigenvalue weighted by atomic mass is 16.3. The van der Waals surface area contributed by atoms with Gasteiger partial charge in [0.05, 0.1) is 5.69 Å². The number of fused-ring (bicyclic) bond motifs is 4. The fraction of sp³-hybridized carbons (Fsp3) is 0.0638. The quantitative estimate of drug-likeness (QED) is 0.193. The lowest BCUT2D eigenvalue weighted by Crippen LogP contribution is -2.16. The van der Waals surface area contributed by atoms with Crippen LogP contribution in [0.25, 0.3) is 65.7 Å². The molecule has 1 aliphatic carbocycles. The average molecular weight is 628 g/mol. The lowest BCUT2D eigenvalue weighted by Gasteiger charge is -2.29. The van der Waals surface area contributed by atoms with Crippen LogP contribution in [0.15, 0.2) is 168 Å². The van der Waals surface area contributed by atoms with Crippen molar-refractivity contribution in [3.05, 3.63) is 175 Å². The summed E-state index contributed by atoms with van der Waals surface area (Å²) < 4.78 is 6.76. The molecule has 0 spiro atoms. The van der Waals surface area contributed by atoms with Gasteiger partial charge in [0.1, 0.15) is 11.2 Å². The maximum Gasteiger partial charge on any atom is 0.136 e. The zero-order valence-corrected chi connectivity index (χ0v) is 27.4. The van der Waals surface area contributed by atoms with Gasteiger partial charge < -0.3 is 9.32 Å². The van der Waals surface area contributed by atoms with Gasteiger partial charge in [-0.2, -0.15) is 0 Å². The van der Waals surface area contributed by atoms with Crippen LogP contribution in [0.2, 0.25) is 0 Å². The van der Waals surface area contributed by atoms with E-state index in [4.69, 9.17) is 4.42 Å². The van der Waals surface area contributed by atoms with Crippen LogP contribution < -0.4 is 4.90 Å². The molecular formula is C47H33NO. The van der Waals surface area contributed by atoms with Crippen LogP contribution in [0.5, 0.6) is 0 Å². The molecule has 10 rings (SSSR count). The molecule has 2 heteroatoms. The SMILES string of the molecule is CC1(C)c2ccccc2-c2ccc(N(c3ccc(-c4ccccc4)cc3)c3ccc4oc5cccc6cccc(c7cccc3c47)c65)cc21. The van der Waals surface area contributed by atoms with Crippen LogP contribution in [0, 0.1) is 0 Å². The zero-order chi connectivity index (χ0) is 32.7. The predicted molar refractivity (Wildman–Crippen MR) is 206 cm³/mol. The van der Waals surface area contributed by atoms with E-state index in [1.165, 1.54) is 49.5 Å². The van der Waals surface area contributed by atoms with Crippen LogP contribution in [-0.2, 0) is 5.41 Å². The van der Waals surface area contributed by atoms with Crippen LogP contribution in [0.1, 0.15) is 25.0 Å². The number of benzene rings is 8. The molecule has 0 unspecified atom stereocenters. The van der Waals surface area contributed by atoms with Gasteiger partial charge in [0.2, 0.25) is 0 Å². The third-order valence-electron chi connectivity index (χ3n) is 10.7. The van der Waals surface area contributed by atoms with Crippen molar-refractivity contribution in [1.82, 2.24) is 0 Å². The molecule has 1 aromatic heterocycles.